The van der Waals surface area contributed by atoms with Crippen LogP contribution in [0.1, 0.15) is 26.3 Å². The van der Waals surface area contributed by atoms with Crippen LogP contribution in [0.15, 0.2) is 22.9 Å². The van der Waals surface area contributed by atoms with Crippen molar-refractivity contribution in [2.75, 3.05) is 5.32 Å². The maximum atomic E-state index is 13.6. The fourth-order valence-electron chi connectivity index (χ4n) is 1.59. The summed E-state index contributed by atoms with van der Waals surface area (Å²) >= 11 is 1.31. The number of carboxylic acids is 1. The van der Waals surface area contributed by atoms with Crippen molar-refractivity contribution in [1.29, 1.82) is 0 Å². The Morgan fingerprint density at radius 3 is 2.40 bits per heavy atom. The number of anilines is 1. The molecule has 0 spiro atoms. The number of carbonyl (C=O) groups is 2. The summed E-state index contributed by atoms with van der Waals surface area (Å²) in [4.78, 5) is 22.7. The van der Waals surface area contributed by atoms with Crippen LogP contribution in [0, 0.1) is 18.6 Å². The summed E-state index contributed by atoms with van der Waals surface area (Å²) in [7, 11) is 0. The summed E-state index contributed by atoms with van der Waals surface area (Å²) in [5, 5.41) is 14.3. The van der Waals surface area contributed by atoms with Crippen LogP contribution in [0.4, 0.5) is 14.5 Å². The Morgan fingerprint density at radius 2 is 1.85 bits per heavy atom. The molecule has 1 aromatic carbocycles. The molecule has 7 heteroatoms. The molecule has 1 heterocycles. The Balaban J connectivity index is 2.34. The van der Waals surface area contributed by atoms with Crippen LogP contribution < -0.4 is 5.32 Å². The molecule has 4 nitrogen and oxygen atoms in total. The third kappa shape index (κ3) is 2.67. The Morgan fingerprint density at radius 1 is 1.15 bits per heavy atom. The topological polar surface area (TPSA) is 66.4 Å². The first-order valence-electron chi connectivity index (χ1n) is 5.46. The number of benzene rings is 1. The molecule has 0 bridgehead atoms. The molecule has 0 unspecified atom stereocenters. The Labute approximate surface area is 116 Å². The van der Waals surface area contributed by atoms with Gasteiger partial charge in [-0.15, -0.1) is 0 Å². The van der Waals surface area contributed by atoms with Crippen LogP contribution in [-0.4, -0.2) is 17.0 Å². The highest BCUT2D eigenvalue weighted by atomic mass is 32.1. The molecule has 2 aromatic rings. The van der Waals surface area contributed by atoms with E-state index in [0.29, 0.717) is 17.2 Å². The summed E-state index contributed by atoms with van der Waals surface area (Å²) in [6.07, 6.45) is 0. The smallest absolute Gasteiger partial charge is 0.338 e. The fraction of sp³-hybridized carbons (Fsp3) is 0.0769. The Bertz CT molecular complexity index is 697. The van der Waals surface area contributed by atoms with Gasteiger partial charge in [-0.1, -0.05) is 0 Å². The van der Waals surface area contributed by atoms with E-state index in [1.54, 1.807) is 17.7 Å². The number of thiophene rings is 1. The lowest BCUT2D eigenvalue weighted by Gasteiger charge is -2.08. The molecule has 1 aromatic heterocycles. The first-order valence-corrected chi connectivity index (χ1v) is 6.41. The lowest BCUT2D eigenvalue weighted by Crippen LogP contribution is -2.14. The largest absolute Gasteiger partial charge is 0.478 e. The number of hydrogen-bond acceptors (Lipinski definition) is 3. The minimum atomic E-state index is -1.54. The van der Waals surface area contributed by atoms with Crippen LogP contribution >= 0.6 is 11.3 Å². The molecule has 0 saturated heterocycles. The lowest BCUT2D eigenvalue weighted by molar-refractivity contribution is 0.0691. The van der Waals surface area contributed by atoms with Gasteiger partial charge in [0.15, 0.2) is 0 Å². The van der Waals surface area contributed by atoms with Gasteiger partial charge in [-0.2, -0.15) is 11.3 Å². The van der Waals surface area contributed by atoms with Crippen molar-refractivity contribution in [3.05, 3.63) is 51.2 Å². The minimum Gasteiger partial charge on any atom is -0.478 e. The van der Waals surface area contributed by atoms with E-state index in [2.05, 4.69) is 5.32 Å². The van der Waals surface area contributed by atoms with Crippen LogP contribution in [0.3, 0.4) is 0 Å². The first kappa shape index (κ1) is 14.1. The lowest BCUT2D eigenvalue weighted by atomic mass is 10.1. The average molecular weight is 297 g/mol. The second-order valence-electron chi connectivity index (χ2n) is 4.04. The van der Waals surface area contributed by atoms with Crippen molar-refractivity contribution in [3.8, 4) is 0 Å². The van der Waals surface area contributed by atoms with Gasteiger partial charge in [-0.25, -0.2) is 13.6 Å². The predicted octanol–water partition coefficient (Wildman–Crippen LogP) is 3.29. The zero-order valence-electron chi connectivity index (χ0n) is 10.2. The highest BCUT2D eigenvalue weighted by Gasteiger charge is 2.18. The van der Waals surface area contributed by atoms with Crippen molar-refractivity contribution in [1.82, 2.24) is 0 Å². The van der Waals surface area contributed by atoms with Gasteiger partial charge < -0.3 is 10.4 Å². The first-order chi connectivity index (χ1) is 9.40. The van der Waals surface area contributed by atoms with Gasteiger partial charge in [-0.3, -0.25) is 4.79 Å². The third-order valence-electron chi connectivity index (χ3n) is 2.64. The van der Waals surface area contributed by atoms with Crippen LogP contribution in [0.2, 0.25) is 0 Å². The van der Waals surface area contributed by atoms with E-state index < -0.39 is 29.1 Å². The van der Waals surface area contributed by atoms with Gasteiger partial charge in [0.1, 0.15) is 11.6 Å². The molecule has 0 fully saturated rings. The van der Waals surface area contributed by atoms with Gasteiger partial charge in [0.25, 0.3) is 5.91 Å². The Kier molecular flexibility index (Phi) is 3.80. The number of halogens is 2. The highest BCUT2D eigenvalue weighted by molar-refractivity contribution is 7.08. The van der Waals surface area contributed by atoms with Crippen LogP contribution in [-0.2, 0) is 0 Å². The summed E-state index contributed by atoms with van der Waals surface area (Å²) in [5.74, 6) is -4.34. The number of rotatable bonds is 3. The number of carboxylic acid groups (broad SMARTS) is 1. The number of aromatic carboxylic acids is 1. The van der Waals surface area contributed by atoms with Crippen molar-refractivity contribution in [2.45, 2.75) is 6.92 Å². The molecule has 20 heavy (non-hydrogen) atoms. The number of amides is 1. The van der Waals surface area contributed by atoms with Crippen molar-refractivity contribution >= 4 is 28.9 Å². The third-order valence-corrected chi connectivity index (χ3v) is 3.50. The second kappa shape index (κ2) is 5.38. The van der Waals surface area contributed by atoms with Crippen LogP contribution in [0.25, 0.3) is 0 Å². The van der Waals surface area contributed by atoms with E-state index in [9.17, 15) is 18.4 Å². The normalized spacial score (nSPS) is 10.3. The summed E-state index contributed by atoms with van der Waals surface area (Å²) in [6, 6.07) is 1.19. The maximum Gasteiger partial charge on any atom is 0.338 e. The summed E-state index contributed by atoms with van der Waals surface area (Å²) in [6.45, 7) is 1.72. The van der Waals surface area contributed by atoms with Gasteiger partial charge in [-0.05, 0) is 23.9 Å². The molecule has 1 amide bonds. The molecular formula is C13H9F2NO3S. The van der Waals surface area contributed by atoms with Gasteiger partial charge in [0.05, 0.1) is 16.8 Å². The monoisotopic (exact) mass is 297 g/mol. The molecular weight excluding hydrogens is 288 g/mol. The van der Waals surface area contributed by atoms with Gasteiger partial charge >= 0.3 is 5.97 Å². The number of aryl methyl sites for hydroxylation is 1. The molecule has 2 N–H and O–H groups in total. The van der Waals surface area contributed by atoms with Gasteiger partial charge in [0, 0.05) is 11.4 Å². The molecule has 0 saturated carbocycles. The Hall–Kier alpha value is -2.28. The molecule has 2 rings (SSSR count). The summed E-state index contributed by atoms with van der Waals surface area (Å²) < 4.78 is 26.8. The molecule has 0 atom stereocenters. The molecule has 104 valence electrons. The minimum absolute atomic E-state index is 0.357. The fourth-order valence-corrected chi connectivity index (χ4v) is 2.42. The highest BCUT2D eigenvalue weighted by Crippen LogP contribution is 2.22. The quantitative estimate of drug-likeness (QED) is 0.913. The van der Waals surface area contributed by atoms with E-state index >= 15 is 0 Å². The van der Waals surface area contributed by atoms with E-state index in [4.69, 9.17) is 5.11 Å². The summed E-state index contributed by atoms with van der Waals surface area (Å²) in [5.41, 5.74) is -0.00721. The SMILES string of the molecule is Cc1cscc1C(=O)Nc1cc(C(=O)O)c(F)cc1F. The number of hydrogen-bond donors (Lipinski definition) is 2. The average Bonchev–Trinajstić information content (AvgIpc) is 2.78. The predicted molar refractivity (Wildman–Crippen MR) is 70.3 cm³/mol. The van der Waals surface area contributed by atoms with E-state index in [-0.39, 0.29) is 5.69 Å². The second-order valence-corrected chi connectivity index (χ2v) is 4.78. The van der Waals surface area contributed by atoms with Crippen molar-refractivity contribution < 1.29 is 23.5 Å². The molecule has 0 radical (unpaired) electrons. The molecule has 0 aliphatic heterocycles. The molecule has 0 aliphatic carbocycles. The number of carbonyl (C=O) groups excluding carboxylic acids is 1. The zero-order chi connectivity index (χ0) is 14.9. The van der Waals surface area contributed by atoms with E-state index in [1.165, 1.54) is 11.3 Å². The standard InChI is InChI=1S/C13H9F2NO3S/c1-6-4-20-5-8(6)12(17)16-11-2-7(13(18)19)9(14)3-10(11)15/h2-5H,1H3,(H,16,17)(H,18,19). The molecule has 0 aliphatic rings. The van der Waals surface area contributed by atoms with E-state index in [1.807, 2.05) is 0 Å². The van der Waals surface area contributed by atoms with Gasteiger partial charge in [0.2, 0.25) is 0 Å². The van der Waals surface area contributed by atoms with Crippen LogP contribution in [0.5, 0.6) is 0 Å². The van der Waals surface area contributed by atoms with Crippen molar-refractivity contribution in [3.63, 3.8) is 0 Å². The number of nitrogens with one attached hydrogen (secondary N) is 1. The van der Waals surface area contributed by atoms with Crippen molar-refractivity contribution in [2.24, 2.45) is 0 Å². The zero-order valence-corrected chi connectivity index (χ0v) is 11.1. The van der Waals surface area contributed by atoms with E-state index in [0.717, 1.165) is 6.07 Å². The maximum absolute atomic E-state index is 13.6.